The predicted molar refractivity (Wildman–Crippen MR) is 140 cm³/mol. The second-order valence-electron chi connectivity index (χ2n) is 9.78. The molecule has 1 aliphatic heterocycles. The minimum Gasteiger partial charge on any atom is -0.426 e. The van der Waals surface area contributed by atoms with Crippen molar-refractivity contribution in [3.05, 3.63) is 59.4 Å². The van der Waals surface area contributed by atoms with Crippen LogP contribution in [0.4, 0.5) is 0 Å². The SMILES string of the molecule is CCOCCn1c(C2CCCCN2CCc2ccc(OC(=O)C(C)C)c(C)c2)nc2ccccc21. The summed E-state index contributed by atoms with van der Waals surface area (Å²) >= 11 is 0. The Morgan fingerprint density at radius 1 is 1.14 bits per heavy atom. The third-order valence-corrected chi connectivity index (χ3v) is 6.87. The van der Waals surface area contributed by atoms with Crippen molar-refractivity contribution in [1.29, 1.82) is 0 Å². The van der Waals surface area contributed by atoms with Gasteiger partial charge in [-0.2, -0.15) is 0 Å². The molecule has 1 aromatic heterocycles. The number of aromatic nitrogens is 2. The maximum atomic E-state index is 12.0. The van der Waals surface area contributed by atoms with Crippen LogP contribution in [0.3, 0.4) is 0 Å². The third-order valence-electron chi connectivity index (χ3n) is 6.87. The van der Waals surface area contributed by atoms with Crippen molar-refractivity contribution in [2.45, 2.75) is 66.0 Å². The fourth-order valence-electron chi connectivity index (χ4n) is 4.92. The fourth-order valence-corrected chi connectivity index (χ4v) is 4.92. The van der Waals surface area contributed by atoms with Crippen LogP contribution in [0.1, 0.15) is 63.0 Å². The number of likely N-dealkylation sites (tertiary alicyclic amines) is 1. The van der Waals surface area contributed by atoms with Crippen LogP contribution in [0.5, 0.6) is 5.75 Å². The van der Waals surface area contributed by atoms with E-state index in [-0.39, 0.29) is 11.9 Å². The van der Waals surface area contributed by atoms with Crippen LogP contribution in [0, 0.1) is 12.8 Å². The maximum absolute atomic E-state index is 12.0. The largest absolute Gasteiger partial charge is 0.426 e. The number of carbonyl (C=O) groups is 1. The molecule has 0 spiro atoms. The Morgan fingerprint density at radius 2 is 1.97 bits per heavy atom. The van der Waals surface area contributed by atoms with Crippen molar-refractivity contribution in [3.8, 4) is 5.75 Å². The van der Waals surface area contributed by atoms with E-state index in [2.05, 4.69) is 45.9 Å². The Balaban J connectivity index is 1.50. The van der Waals surface area contributed by atoms with Crippen LogP contribution < -0.4 is 4.74 Å². The van der Waals surface area contributed by atoms with E-state index in [1.165, 1.54) is 23.9 Å². The lowest BCUT2D eigenvalue weighted by atomic mass is 10.00. The first-order valence-corrected chi connectivity index (χ1v) is 13.1. The molecule has 6 nitrogen and oxygen atoms in total. The average Bonchev–Trinajstić information content (AvgIpc) is 3.23. The summed E-state index contributed by atoms with van der Waals surface area (Å²) in [6.45, 7) is 12.1. The van der Waals surface area contributed by atoms with Crippen molar-refractivity contribution < 1.29 is 14.3 Å². The van der Waals surface area contributed by atoms with Crippen molar-refractivity contribution in [2.24, 2.45) is 5.92 Å². The third kappa shape index (κ3) is 6.11. The van der Waals surface area contributed by atoms with Crippen LogP contribution in [0.2, 0.25) is 0 Å². The van der Waals surface area contributed by atoms with Gasteiger partial charge in [0.25, 0.3) is 0 Å². The van der Waals surface area contributed by atoms with Gasteiger partial charge < -0.3 is 14.0 Å². The summed E-state index contributed by atoms with van der Waals surface area (Å²) in [7, 11) is 0. The molecule has 0 amide bonds. The number of carbonyl (C=O) groups excluding carboxylic acids is 1. The molecule has 2 aromatic carbocycles. The lowest BCUT2D eigenvalue weighted by Gasteiger charge is -2.35. The smallest absolute Gasteiger partial charge is 0.313 e. The normalized spacial score (nSPS) is 16.8. The Bertz CT molecular complexity index is 1140. The number of piperidine rings is 1. The number of ether oxygens (including phenoxy) is 2. The van der Waals surface area contributed by atoms with Crippen LogP contribution in [-0.4, -0.2) is 46.7 Å². The topological polar surface area (TPSA) is 56.6 Å². The van der Waals surface area contributed by atoms with E-state index in [4.69, 9.17) is 14.5 Å². The summed E-state index contributed by atoms with van der Waals surface area (Å²) in [4.78, 5) is 19.7. The van der Waals surface area contributed by atoms with E-state index >= 15 is 0 Å². The molecule has 1 unspecified atom stereocenters. The van der Waals surface area contributed by atoms with Crippen LogP contribution in [-0.2, 0) is 22.5 Å². The zero-order valence-corrected chi connectivity index (χ0v) is 21.6. The second kappa shape index (κ2) is 11.8. The van der Waals surface area contributed by atoms with Crippen LogP contribution >= 0.6 is 0 Å². The summed E-state index contributed by atoms with van der Waals surface area (Å²) < 4.78 is 13.6. The van der Waals surface area contributed by atoms with Gasteiger partial charge >= 0.3 is 5.97 Å². The molecule has 0 bridgehead atoms. The van der Waals surface area contributed by atoms with E-state index in [9.17, 15) is 4.79 Å². The zero-order chi connectivity index (χ0) is 24.8. The first kappa shape index (κ1) is 25.4. The molecule has 0 aliphatic carbocycles. The molecule has 1 fully saturated rings. The number of hydrogen-bond donors (Lipinski definition) is 0. The first-order chi connectivity index (χ1) is 17.0. The van der Waals surface area contributed by atoms with E-state index in [1.54, 1.807) is 0 Å². The Hall–Kier alpha value is -2.70. The summed E-state index contributed by atoms with van der Waals surface area (Å²) in [5.41, 5.74) is 4.52. The minimum atomic E-state index is -0.191. The Kier molecular flexibility index (Phi) is 8.58. The molecular weight excluding hydrogens is 438 g/mol. The lowest BCUT2D eigenvalue weighted by Crippen LogP contribution is -2.36. The maximum Gasteiger partial charge on any atom is 0.313 e. The molecule has 3 aromatic rings. The number of rotatable bonds is 10. The molecule has 1 aliphatic rings. The first-order valence-electron chi connectivity index (χ1n) is 13.1. The number of nitrogens with zero attached hydrogens (tertiary/aromatic N) is 3. The molecule has 35 heavy (non-hydrogen) atoms. The summed E-state index contributed by atoms with van der Waals surface area (Å²) in [5, 5.41) is 0. The minimum absolute atomic E-state index is 0.136. The van der Waals surface area contributed by atoms with Crippen LogP contribution in [0.15, 0.2) is 42.5 Å². The second-order valence-corrected chi connectivity index (χ2v) is 9.78. The number of para-hydroxylation sites is 2. The molecular formula is C29H39N3O3. The molecule has 0 N–H and O–H groups in total. The zero-order valence-electron chi connectivity index (χ0n) is 21.6. The molecule has 0 radical (unpaired) electrons. The monoisotopic (exact) mass is 477 g/mol. The van der Waals surface area contributed by atoms with E-state index in [0.717, 1.165) is 56.0 Å². The van der Waals surface area contributed by atoms with Gasteiger partial charge in [-0.05, 0) is 69.0 Å². The van der Waals surface area contributed by atoms with Gasteiger partial charge in [-0.25, -0.2) is 4.98 Å². The summed E-state index contributed by atoms with van der Waals surface area (Å²) in [5.74, 6) is 1.50. The van der Waals surface area contributed by atoms with Gasteiger partial charge in [0.1, 0.15) is 11.6 Å². The van der Waals surface area contributed by atoms with E-state index < -0.39 is 0 Å². The number of hydrogen-bond acceptors (Lipinski definition) is 5. The number of imidazole rings is 1. The molecule has 2 heterocycles. The molecule has 0 saturated carbocycles. The molecule has 4 rings (SSSR count). The lowest BCUT2D eigenvalue weighted by molar-refractivity contribution is -0.137. The van der Waals surface area contributed by atoms with Crippen LogP contribution in [0.25, 0.3) is 11.0 Å². The molecule has 1 saturated heterocycles. The molecule has 188 valence electrons. The van der Waals surface area contributed by atoms with Gasteiger partial charge in [0, 0.05) is 19.7 Å². The van der Waals surface area contributed by atoms with Gasteiger partial charge in [0.15, 0.2) is 0 Å². The predicted octanol–water partition coefficient (Wildman–Crippen LogP) is 5.71. The number of fused-ring (bicyclic) bond motifs is 1. The molecule has 1 atom stereocenters. The Labute approximate surface area is 209 Å². The quantitative estimate of drug-likeness (QED) is 0.213. The van der Waals surface area contributed by atoms with E-state index in [1.807, 2.05) is 33.8 Å². The van der Waals surface area contributed by atoms with E-state index in [0.29, 0.717) is 18.4 Å². The Morgan fingerprint density at radius 3 is 2.74 bits per heavy atom. The highest BCUT2D eigenvalue weighted by Gasteiger charge is 2.28. The number of benzene rings is 2. The van der Waals surface area contributed by atoms with Crippen molar-refractivity contribution in [2.75, 3.05) is 26.3 Å². The van der Waals surface area contributed by atoms with Gasteiger partial charge in [-0.3, -0.25) is 9.69 Å². The van der Waals surface area contributed by atoms with Crippen molar-refractivity contribution >= 4 is 17.0 Å². The number of esters is 1. The van der Waals surface area contributed by atoms with Gasteiger partial charge in [-0.15, -0.1) is 0 Å². The standard InChI is InChI=1S/C29H39N3O3/c1-5-34-19-18-32-25-11-7-6-10-24(25)30-28(32)26-12-8-9-16-31(26)17-15-23-13-14-27(22(4)20-23)35-29(33)21(2)3/h6-7,10-11,13-14,20-21,26H,5,8-9,12,15-19H2,1-4H3. The van der Waals surface area contributed by atoms with Crippen molar-refractivity contribution in [3.63, 3.8) is 0 Å². The van der Waals surface area contributed by atoms with Crippen molar-refractivity contribution in [1.82, 2.24) is 14.5 Å². The summed E-state index contributed by atoms with van der Waals surface area (Å²) in [6.07, 6.45) is 4.53. The van der Waals surface area contributed by atoms with Gasteiger partial charge in [0.2, 0.25) is 0 Å². The molecule has 6 heteroatoms. The fraction of sp³-hybridized carbons (Fsp3) is 0.517. The highest BCUT2D eigenvalue weighted by Crippen LogP contribution is 2.33. The number of aryl methyl sites for hydroxylation is 1. The highest BCUT2D eigenvalue weighted by atomic mass is 16.5. The van der Waals surface area contributed by atoms with Gasteiger partial charge in [-0.1, -0.05) is 44.5 Å². The van der Waals surface area contributed by atoms with Gasteiger partial charge in [0.05, 0.1) is 29.6 Å². The highest BCUT2D eigenvalue weighted by molar-refractivity contribution is 5.76. The summed E-state index contributed by atoms with van der Waals surface area (Å²) in [6, 6.07) is 14.9. The average molecular weight is 478 g/mol.